The summed E-state index contributed by atoms with van der Waals surface area (Å²) in [6.07, 6.45) is 1.46. The second kappa shape index (κ2) is 12.7. The summed E-state index contributed by atoms with van der Waals surface area (Å²) in [5.41, 5.74) is 4.62. The lowest BCUT2D eigenvalue weighted by Crippen LogP contribution is -2.58. The van der Waals surface area contributed by atoms with Gasteiger partial charge >= 0.3 is 12.1 Å². The number of nitrogens with zero attached hydrogens (tertiary/aromatic N) is 3. The summed E-state index contributed by atoms with van der Waals surface area (Å²) < 4.78 is 42.7. The van der Waals surface area contributed by atoms with E-state index >= 15 is 0 Å². The first kappa shape index (κ1) is 30.7. The number of hydrogen-bond donors (Lipinski definition) is 3. The van der Waals surface area contributed by atoms with Crippen molar-refractivity contribution in [1.82, 2.24) is 19.5 Å². The van der Waals surface area contributed by atoms with Gasteiger partial charge in [0.15, 0.2) is 0 Å². The Kier molecular flexibility index (Phi) is 9.55. The molecule has 4 rings (SSSR count). The first-order valence-corrected chi connectivity index (χ1v) is 14.3. The predicted octanol–water partition coefficient (Wildman–Crippen LogP) is 4.21. The Morgan fingerprint density at radius 3 is 2.63 bits per heavy atom. The number of carbonyl (C=O) groups excluding carboxylic acids is 3. The molecule has 41 heavy (non-hydrogen) atoms. The van der Waals surface area contributed by atoms with E-state index < -0.39 is 35.8 Å². The van der Waals surface area contributed by atoms with Gasteiger partial charge in [0.25, 0.3) is 5.91 Å². The maximum atomic E-state index is 14.1. The van der Waals surface area contributed by atoms with E-state index in [0.717, 1.165) is 49.6 Å². The van der Waals surface area contributed by atoms with E-state index in [2.05, 4.69) is 19.9 Å². The van der Waals surface area contributed by atoms with Gasteiger partial charge in [-0.15, -0.1) is 0 Å². The highest BCUT2D eigenvalue weighted by atomic mass is 35.5. The lowest BCUT2D eigenvalue weighted by Gasteiger charge is -2.46. The molecule has 0 bridgehead atoms. The third-order valence-electron chi connectivity index (χ3n) is 6.80. The van der Waals surface area contributed by atoms with Crippen LogP contribution < -0.4 is 21.1 Å². The summed E-state index contributed by atoms with van der Waals surface area (Å²) in [5.74, 6) is -2.53. The largest absolute Gasteiger partial charge is 0.471 e. The number of ether oxygens (including phenoxy) is 2. The fourth-order valence-corrected chi connectivity index (χ4v) is 5.68. The summed E-state index contributed by atoms with van der Waals surface area (Å²) in [6, 6.07) is 1.40. The molecule has 11 nitrogen and oxygen atoms in total. The minimum Gasteiger partial charge on any atom is -0.471 e. The summed E-state index contributed by atoms with van der Waals surface area (Å²) in [5, 5.41) is 5.09. The Labute approximate surface area is 245 Å². The average Bonchev–Trinajstić information content (AvgIpc) is 3.29. The molecule has 2 fully saturated rings. The number of benzene rings is 1. The number of urea groups is 1. The number of primary amides is 1. The van der Waals surface area contributed by atoms with Crippen LogP contribution in [-0.2, 0) is 11.3 Å². The van der Waals surface area contributed by atoms with Crippen molar-refractivity contribution >= 4 is 46.2 Å². The SMILES string of the molecule is CC(C)(C)OC(=O)N1CCN2CC(CNC(=O)Nc3snc(OCc4cc(F)c(Cl)cc4F)c3C(N)=O)CCC2C1. The molecule has 1 aromatic carbocycles. The van der Waals surface area contributed by atoms with Gasteiger partial charge in [-0.05, 0) is 63.2 Å². The zero-order valence-electron chi connectivity index (χ0n) is 23.0. The van der Waals surface area contributed by atoms with E-state index in [1.807, 2.05) is 20.8 Å². The topological polar surface area (TPSA) is 139 Å². The highest BCUT2D eigenvalue weighted by molar-refractivity contribution is 7.11. The van der Waals surface area contributed by atoms with Gasteiger partial charge in [-0.2, -0.15) is 4.37 Å². The average molecular weight is 615 g/mol. The number of halogens is 3. The highest BCUT2D eigenvalue weighted by Crippen LogP contribution is 2.31. The first-order valence-electron chi connectivity index (χ1n) is 13.1. The van der Waals surface area contributed by atoms with E-state index in [0.29, 0.717) is 19.6 Å². The van der Waals surface area contributed by atoms with E-state index in [4.69, 9.17) is 26.8 Å². The molecule has 2 atom stereocenters. The minimum atomic E-state index is -0.907. The van der Waals surface area contributed by atoms with Gasteiger partial charge in [0, 0.05) is 44.3 Å². The van der Waals surface area contributed by atoms with Gasteiger partial charge in [0.05, 0.1) is 5.02 Å². The number of fused-ring (bicyclic) bond motifs is 1. The standard InChI is InChI=1S/C26H33ClF2N6O5S/c1-26(2,3)40-25(38)35-7-6-34-11-14(4-5-16(34)12-35)10-31-24(37)32-23-20(21(30)36)22(33-41-23)39-13-15-8-19(29)17(27)9-18(15)28/h8-9,14,16H,4-7,10-13H2,1-3H3,(H2,30,36)(H2,31,32,37). The van der Waals surface area contributed by atoms with Crippen LogP contribution in [-0.4, -0.2) is 76.6 Å². The summed E-state index contributed by atoms with van der Waals surface area (Å²) in [4.78, 5) is 41.3. The van der Waals surface area contributed by atoms with Crippen LogP contribution in [0.25, 0.3) is 0 Å². The van der Waals surface area contributed by atoms with Gasteiger partial charge in [0.2, 0.25) is 5.88 Å². The zero-order valence-corrected chi connectivity index (χ0v) is 24.5. The summed E-state index contributed by atoms with van der Waals surface area (Å²) in [7, 11) is 0. The normalized spacial score (nSPS) is 19.3. The lowest BCUT2D eigenvalue weighted by molar-refractivity contribution is -0.00851. The molecule has 2 aliphatic heterocycles. The molecule has 2 saturated heterocycles. The van der Waals surface area contributed by atoms with Crippen molar-refractivity contribution in [2.45, 2.75) is 51.9 Å². The van der Waals surface area contributed by atoms with Crippen LogP contribution in [0.3, 0.4) is 0 Å². The van der Waals surface area contributed by atoms with E-state index in [-0.39, 0.29) is 45.1 Å². The third-order valence-corrected chi connectivity index (χ3v) is 7.83. The monoisotopic (exact) mass is 614 g/mol. The van der Waals surface area contributed by atoms with Gasteiger partial charge < -0.3 is 25.4 Å². The maximum absolute atomic E-state index is 14.1. The summed E-state index contributed by atoms with van der Waals surface area (Å²) in [6.45, 7) is 8.20. The van der Waals surface area contributed by atoms with Crippen LogP contribution in [0.15, 0.2) is 12.1 Å². The quantitative estimate of drug-likeness (QED) is 0.397. The van der Waals surface area contributed by atoms with Crippen molar-refractivity contribution in [1.29, 1.82) is 0 Å². The highest BCUT2D eigenvalue weighted by Gasteiger charge is 2.36. The number of nitrogens with one attached hydrogen (secondary N) is 2. The van der Waals surface area contributed by atoms with Gasteiger partial charge in [-0.1, -0.05) is 11.6 Å². The van der Waals surface area contributed by atoms with Crippen LogP contribution in [0.2, 0.25) is 5.02 Å². The third kappa shape index (κ3) is 7.95. The van der Waals surface area contributed by atoms with Crippen molar-refractivity contribution in [3.8, 4) is 5.88 Å². The molecule has 3 heterocycles. The molecule has 4 N–H and O–H groups in total. The van der Waals surface area contributed by atoms with Crippen molar-refractivity contribution in [2.24, 2.45) is 11.7 Å². The van der Waals surface area contributed by atoms with Crippen LogP contribution in [0, 0.1) is 17.6 Å². The first-order chi connectivity index (χ1) is 19.3. The molecule has 0 radical (unpaired) electrons. The van der Waals surface area contributed by atoms with Crippen LogP contribution in [0.4, 0.5) is 23.4 Å². The van der Waals surface area contributed by atoms with Crippen molar-refractivity contribution in [3.63, 3.8) is 0 Å². The number of rotatable bonds is 7. The van der Waals surface area contributed by atoms with Gasteiger partial charge in [-0.25, -0.2) is 18.4 Å². The number of piperidine rings is 1. The number of nitrogens with two attached hydrogens (primary N) is 1. The molecule has 2 unspecified atom stereocenters. The second-order valence-corrected chi connectivity index (χ2v) is 12.2. The number of piperazine rings is 1. The predicted molar refractivity (Wildman–Crippen MR) is 149 cm³/mol. The fourth-order valence-electron chi connectivity index (χ4n) is 4.80. The molecule has 0 spiro atoms. The van der Waals surface area contributed by atoms with E-state index in [1.165, 1.54) is 0 Å². The van der Waals surface area contributed by atoms with Gasteiger partial charge in [-0.3, -0.25) is 15.0 Å². The molecule has 1 aromatic heterocycles. The molecule has 4 amide bonds. The van der Waals surface area contributed by atoms with Crippen LogP contribution in [0.5, 0.6) is 5.88 Å². The summed E-state index contributed by atoms with van der Waals surface area (Å²) >= 11 is 6.34. The van der Waals surface area contributed by atoms with Crippen LogP contribution in [0.1, 0.15) is 49.5 Å². The number of aromatic nitrogens is 1. The van der Waals surface area contributed by atoms with E-state index in [9.17, 15) is 23.2 Å². The number of anilines is 1. The minimum absolute atomic E-state index is 0.0646. The number of carbonyl (C=O) groups is 3. The molecule has 0 aliphatic carbocycles. The van der Waals surface area contributed by atoms with Crippen molar-refractivity contribution in [3.05, 3.63) is 39.9 Å². The van der Waals surface area contributed by atoms with Crippen molar-refractivity contribution < 1.29 is 32.6 Å². The Balaban J connectivity index is 1.27. The maximum Gasteiger partial charge on any atom is 0.410 e. The smallest absolute Gasteiger partial charge is 0.410 e. The Bertz CT molecular complexity index is 1310. The van der Waals surface area contributed by atoms with E-state index in [1.54, 1.807) is 4.90 Å². The molecule has 2 aromatic rings. The molecule has 2 aliphatic rings. The Morgan fingerprint density at radius 1 is 1.17 bits per heavy atom. The Hall–Kier alpha value is -3.23. The van der Waals surface area contributed by atoms with Crippen LogP contribution >= 0.6 is 23.1 Å². The number of hydrogen-bond acceptors (Lipinski definition) is 8. The second-order valence-electron chi connectivity index (χ2n) is 11.1. The zero-order chi connectivity index (χ0) is 29.9. The molecule has 0 saturated carbocycles. The van der Waals surface area contributed by atoms with Gasteiger partial charge in [0.1, 0.15) is 34.4 Å². The number of amides is 4. The molecule has 15 heteroatoms. The Morgan fingerprint density at radius 2 is 1.93 bits per heavy atom. The molecular weight excluding hydrogens is 582 g/mol. The lowest BCUT2D eigenvalue weighted by atomic mass is 9.91. The van der Waals surface area contributed by atoms with Crippen molar-refractivity contribution in [2.75, 3.05) is 38.0 Å². The molecular formula is C26H33ClF2N6O5S. The molecule has 224 valence electrons. The fraction of sp³-hybridized carbons (Fsp3) is 0.538.